The predicted molar refractivity (Wildman–Crippen MR) is 84.0 cm³/mol. The van der Waals surface area contributed by atoms with Crippen molar-refractivity contribution in [2.75, 3.05) is 24.5 Å². The summed E-state index contributed by atoms with van der Waals surface area (Å²) in [5, 5.41) is 6.44. The molecule has 2 heterocycles. The van der Waals surface area contributed by atoms with E-state index >= 15 is 0 Å². The molecule has 1 aromatic carbocycles. The van der Waals surface area contributed by atoms with Gasteiger partial charge in [0.1, 0.15) is 6.04 Å². The lowest BCUT2D eigenvalue weighted by Crippen LogP contribution is -2.54. The highest BCUT2D eigenvalue weighted by molar-refractivity contribution is 6.34. The maximum absolute atomic E-state index is 12.4. The van der Waals surface area contributed by atoms with E-state index in [2.05, 4.69) is 10.6 Å². The number of hydrogen-bond donors (Lipinski definition) is 2. The second-order valence-electron chi connectivity index (χ2n) is 5.15. The van der Waals surface area contributed by atoms with Crippen molar-refractivity contribution < 1.29 is 9.59 Å². The third-order valence-corrected chi connectivity index (χ3v) is 4.14. The highest BCUT2D eigenvalue weighted by atomic mass is 35.5. The van der Waals surface area contributed by atoms with Crippen molar-refractivity contribution >= 4 is 41.5 Å². The Hall–Kier alpha value is -1.30. The van der Waals surface area contributed by atoms with Crippen molar-refractivity contribution in [3.8, 4) is 0 Å². The number of carbonyl (C=O) groups is 2. The molecule has 0 saturated carbocycles. The minimum atomic E-state index is -0.431. The second kappa shape index (κ2) is 6.64. The van der Waals surface area contributed by atoms with Gasteiger partial charge in [0.05, 0.1) is 16.6 Å². The van der Waals surface area contributed by atoms with Crippen LogP contribution >= 0.6 is 24.0 Å². The Labute approximate surface area is 134 Å². The van der Waals surface area contributed by atoms with Crippen molar-refractivity contribution in [1.29, 1.82) is 0 Å². The van der Waals surface area contributed by atoms with Gasteiger partial charge < -0.3 is 15.5 Å². The fraction of sp³-hybridized carbons (Fsp3) is 0.429. The number of carbonyl (C=O) groups excluding carboxylic acids is 2. The number of benzene rings is 1. The number of nitrogens with one attached hydrogen (secondary N) is 2. The summed E-state index contributed by atoms with van der Waals surface area (Å²) in [5.74, 6) is -0.126. The molecule has 2 amide bonds. The van der Waals surface area contributed by atoms with Crippen LogP contribution in [0.4, 0.5) is 5.69 Å². The average molecular weight is 330 g/mol. The summed E-state index contributed by atoms with van der Waals surface area (Å²) in [4.78, 5) is 25.9. The molecule has 2 aliphatic heterocycles. The van der Waals surface area contributed by atoms with Crippen LogP contribution in [0.3, 0.4) is 0 Å². The van der Waals surface area contributed by atoms with E-state index in [0.29, 0.717) is 36.8 Å². The molecule has 2 saturated heterocycles. The van der Waals surface area contributed by atoms with Gasteiger partial charge in [-0.25, -0.2) is 0 Å². The lowest BCUT2D eigenvalue weighted by molar-refractivity contribution is -0.130. The maximum atomic E-state index is 12.4. The number of para-hydroxylation sites is 1. The summed E-state index contributed by atoms with van der Waals surface area (Å²) in [5.41, 5.74) is 0.709. The van der Waals surface area contributed by atoms with Crippen LogP contribution in [-0.2, 0) is 9.59 Å². The molecule has 0 radical (unpaired) electrons. The Morgan fingerprint density at radius 3 is 2.67 bits per heavy atom. The van der Waals surface area contributed by atoms with Crippen molar-refractivity contribution in [2.45, 2.75) is 12.5 Å². The van der Waals surface area contributed by atoms with Crippen LogP contribution in [0, 0.1) is 5.92 Å². The van der Waals surface area contributed by atoms with Crippen molar-refractivity contribution in [2.24, 2.45) is 5.92 Å². The highest BCUT2D eigenvalue weighted by Crippen LogP contribution is 2.29. The summed E-state index contributed by atoms with van der Waals surface area (Å²) in [6.45, 7) is 1.97. The zero-order chi connectivity index (χ0) is 14.1. The van der Waals surface area contributed by atoms with Crippen LogP contribution in [-0.4, -0.2) is 37.5 Å². The second-order valence-corrected chi connectivity index (χ2v) is 5.55. The molecule has 2 aliphatic rings. The molecule has 2 N–H and O–H groups in total. The third-order valence-electron chi connectivity index (χ3n) is 3.82. The van der Waals surface area contributed by atoms with Crippen LogP contribution < -0.4 is 15.5 Å². The molecular weight excluding hydrogens is 313 g/mol. The number of amides is 2. The molecule has 0 bridgehead atoms. The molecule has 1 unspecified atom stereocenters. The van der Waals surface area contributed by atoms with Crippen molar-refractivity contribution in [3.63, 3.8) is 0 Å². The van der Waals surface area contributed by atoms with Crippen molar-refractivity contribution in [1.82, 2.24) is 10.6 Å². The summed E-state index contributed by atoms with van der Waals surface area (Å²) in [6.07, 6.45) is 0.621. The number of hydrogen-bond acceptors (Lipinski definition) is 3. The van der Waals surface area contributed by atoms with Gasteiger partial charge in [0.2, 0.25) is 11.8 Å². The van der Waals surface area contributed by atoms with Gasteiger partial charge in [0, 0.05) is 19.6 Å². The topological polar surface area (TPSA) is 61.4 Å². The molecular formula is C14H17Cl2N3O2. The Morgan fingerprint density at radius 2 is 2.05 bits per heavy atom. The first kappa shape index (κ1) is 16.1. The Bertz CT molecular complexity index is 549. The monoisotopic (exact) mass is 329 g/mol. The van der Waals surface area contributed by atoms with E-state index in [4.69, 9.17) is 11.6 Å². The minimum Gasteiger partial charge on any atom is -0.344 e. The SMILES string of the molecule is Cl.O=C(NC1CCN(c2ccccc2Cl)C1=O)C1CNC1. The molecule has 0 aromatic heterocycles. The number of nitrogens with zero attached hydrogens (tertiary/aromatic N) is 1. The highest BCUT2D eigenvalue weighted by Gasteiger charge is 2.36. The molecule has 21 heavy (non-hydrogen) atoms. The first-order chi connectivity index (χ1) is 9.66. The van der Waals surface area contributed by atoms with Gasteiger partial charge in [-0.05, 0) is 18.6 Å². The van der Waals surface area contributed by atoms with E-state index < -0.39 is 6.04 Å². The maximum Gasteiger partial charge on any atom is 0.249 e. The molecule has 114 valence electrons. The normalized spacial score (nSPS) is 21.7. The van der Waals surface area contributed by atoms with Gasteiger partial charge in [0.25, 0.3) is 0 Å². The first-order valence-electron chi connectivity index (χ1n) is 6.74. The zero-order valence-electron chi connectivity index (χ0n) is 11.3. The predicted octanol–water partition coefficient (Wildman–Crippen LogP) is 1.20. The average Bonchev–Trinajstić information content (AvgIpc) is 2.70. The van der Waals surface area contributed by atoms with Crippen LogP contribution in [0.15, 0.2) is 24.3 Å². The van der Waals surface area contributed by atoms with Crippen LogP contribution in [0.5, 0.6) is 0 Å². The van der Waals surface area contributed by atoms with Gasteiger partial charge in [-0.3, -0.25) is 9.59 Å². The molecule has 3 rings (SSSR count). The third kappa shape index (κ3) is 3.15. The summed E-state index contributed by atoms with van der Waals surface area (Å²) < 4.78 is 0. The summed E-state index contributed by atoms with van der Waals surface area (Å²) >= 11 is 6.12. The lowest BCUT2D eigenvalue weighted by Gasteiger charge is -2.27. The van der Waals surface area contributed by atoms with Gasteiger partial charge in [-0.1, -0.05) is 23.7 Å². The molecule has 0 spiro atoms. The molecule has 1 aromatic rings. The first-order valence-corrected chi connectivity index (χ1v) is 7.11. The van der Waals surface area contributed by atoms with E-state index in [9.17, 15) is 9.59 Å². The molecule has 0 aliphatic carbocycles. The fourth-order valence-corrected chi connectivity index (χ4v) is 2.73. The zero-order valence-corrected chi connectivity index (χ0v) is 12.9. The van der Waals surface area contributed by atoms with Gasteiger partial charge in [-0.15, -0.1) is 12.4 Å². The minimum absolute atomic E-state index is 0. The fourth-order valence-electron chi connectivity index (χ4n) is 2.49. The molecule has 1 atom stereocenters. The largest absolute Gasteiger partial charge is 0.344 e. The Balaban J connectivity index is 0.00000161. The van der Waals surface area contributed by atoms with E-state index in [1.807, 2.05) is 18.2 Å². The van der Waals surface area contributed by atoms with E-state index in [1.54, 1.807) is 11.0 Å². The van der Waals surface area contributed by atoms with E-state index in [-0.39, 0.29) is 30.1 Å². The van der Waals surface area contributed by atoms with Gasteiger partial charge >= 0.3 is 0 Å². The Morgan fingerprint density at radius 1 is 1.33 bits per heavy atom. The van der Waals surface area contributed by atoms with Crippen molar-refractivity contribution in [3.05, 3.63) is 29.3 Å². The number of halogens is 2. The summed E-state index contributed by atoms with van der Waals surface area (Å²) in [6, 6.07) is 6.82. The smallest absolute Gasteiger partial charge is 0.249 e. The molecule has 7 heteroatoms. The summed E-state index contributed by atoms with van der Waals surface area (Å²) in [7, 11) is 0. The quantitative estimate of drug-likeness (QED) is 0.876. The van der Waals surface area contributed by atoms with Crippen LogP contribution in [0.25, 0.3) is 0 Å². The lowest BCUT2D eigenvalue weighted by atomic mass is 10.0. The molecule has 5 nitrogen and oxygen atoms in total. The standard InChI is InChI=1S/C14H16ClN3O2.ClH/c15-10-3-1-2-4-12(10)18-6-5-11(14(18)20)17-13(19)9-7-16-8-9;/h1-4,9,11,16H,5-8H2,(H,17,19);1H. The van der Waals surface area contributed by atoms with E-state index in [1.165, 1.54) is 0 Å². The van der Waals surface area contributed by atoms with E-state index in [0.717, 1.165) is 0 Å². The van der Waals surface area contributed by atoms with Gasteiger partial charge in [-0.2, -0.15) is 0 Å². The van der Waals surface area contributed by atoms with Gasteiger partial charge in [0.15, 0.2) is 0 Å². The van der Waals surface area contributed by atoms with Crippen LogP contribution in [0.1, 0.15) is 6.42 Å². The molecule has 2 fully saturated rings. The number of rotatable bonds is 3. The number of anilines is 1. The van der Waals surface area contributed by atoms with Crippen LogP contribution in [0.2, 0.25) is 5.02 Å². The Kier molecular flexibility index (Phi) is 5.08.